The number of hydrogen-bond donors (Lipinski definition) is 0. The van der Waals surface area contributed by atoms with Crippen molar-refractivity contribution in [1.29, 1.82) is 0 Å². The predicted molar refractivity (Wildman–Crippen MR) is 86.7 cm³/mol. The Morgan fingerprint density at radius 3 is 2.30 bits per heavy atom. The Kier molecular flexibility index (Phi) is 5.11. The third-order valence-electron chi connectivity index (χ3n) is 3.91. The lowest BCUT2D eigenvalue weighted by Gasteiger charge is -2.39. The number of nitrogens with zero attached hydrogens (tertiary/aromatic N) is 1. The van der Waals surface area contributed by atoms with Crippen molar-refractivity contribution in [2.75, 3.05) is 28.4 Å². The Bertz CT molecular complexity index is 645. The summed E-state index contributed by atoms with van der Waals surface area (Å²) in [5.41, 5.74) is -0.592. The van der Waals surface area contributed by atoms with Gasteiger partial charge in [-0.3, -0.25) is 4.79 Å². The van der Waals surface area contributed by atoms with Crippen LogP contribution in [0.4, 0.5) is 0 Å². The van der Waals surface area contributed by atoms with Crippen molar-refractivity contribution in [3.05, 3.63) is 47.2 Å². The number of esters is 1. The van der Waals surface area contributed by atoms with E-state index in [1.54, 1.807) is 7.05 Å². The number of benzene rings is 1. The normalized spacial score (nSPS) is 22.3. The molecule has 2 atom stereocenters. The average Bonchev–Trinajstić information content (AvgIpc) is 2.82. The van der Waals surface area contributed by atoms with Crippen molar-refractivity contribution in [2.45, 2.75) is 10.6 Å². The Morgan fingerprint density at radius 1 is 1.22 bits per heavy atom. The Labute approximate surface area is 143 Å². The largest absolute Gasteiger partial charge is 0.495 e. The van der Waals surface area contributed by atoms with Gasteiger partial charge in [0, 0.05) is 14.2 Å². The number of carbonyl (C=O) groups is 2. The van der Waals surface area contributed by atoms with Crippen LogP contribution in [0.15, 0.2) is 41.7 Å². The summed E-state index contributed by atoms with van der Waals surface area (Å²) in [4.78, 5) is 25.5. The average molecular weight is 384 g/mol. The number of rotatable bonds is 5. The van der Waals surface area contributed by atoms with E-state index in [0.29, 0.717) is 0 Å². The van der Waals surface area contributed by atoms with Gasteiger partial charge in [0.15, 0.2) is 11.3 Å². The molecule has 1 unspecified atom stereocenters. The molecule has 7 heteroatoms. The van der Waals surface area contributed by atoms with Crippen LogP contribution >= 0.6 is 15.9 Å². The number of carbonyl (C=O) groups excluding carboxylic acids is 2. The predicted octanol–water partition coefficient (Wildman–Crippen LogP) is 2.01. The van der Waals surface area contributed by atoms with E-state index in [9.17, 15) is 9.59 Å². The fourth-order valence-electron chi connectivity index (χ4n) is 2.74. The Morgan fingerprint density at radius 2 is 1.83 bits per heavy atom. The van der Waals surface area contributed by atoms with E-state index in [1.807, 2.05) is 30.3 Å². The van der Waals surface area contributed by atoms with Gasteiger partial charge in [0.05, 0.1) is 19.0 Å². The molecule has 0 bridgehead atoms. The van der Waals surface area contributed by atoms with Gasteiger partial charge in [-0.2, -0.15) is 0 Å². The van der Waals surface area contributed by atoms with Gasteiger partial charge in [-0.05, 0) is 5.56 Å². The highest BCUT2D eigenvalue weighted by Crippen LogP contribution is 2.48. The number of halogens is 1. The molecule has 0 spiro atoms. The van der Waals surface area contributed by atoms with Gasteiger partial charge >= 0.3 is 5.97 Å². The third-order valence-corrected chi connectivity index (χ3v) is 5.06. The second-order valence-corrected chi connectivity index (χ2v) is 5.85. The number of alkyl halides is 1. The van der Waals surface area contributed by atoms with E-state index < -0.39 is 22.4 Å². The van der Waals surface area contributed by atoms with Gasteiger partial charge in [0.2, 0.25) is 5.72 Å². The molecular formula is C16H18BrNO5. The molecule has 1 aliphatic heterocycles. The summed E-state index contributed by atoms with van der Waals surface area (Å²) in [5.74, 6) is -1.16. The first-order valence-electron chi connectivity index (χ1n) is 6.85. The fraction of sp³-hybridized carbons (Fsp3) is 0.375. The van der Waals surface area contributed by atoms with Gasteiger partial charge in [0.1, 0.15) is 0 Å². The summed E-state index contributed by atoms with van der Waals surface area (Å²) >= 11 is 3.59. The zero-order valence-corrected chi connectivity index (χ0v) is 14.9. The van der Waals surface area contributed by atoms with Gasteiger partial charge < -0.3 is 19.1 Å². The summed E-state index contributed by atoms with van der Waals surface area (Å²) < 4.78 is 15.8. The Balaban J connectivity index is 2.65. The van der Waals surface area contributed by atoms with Crippen molar-refractivity contribution in [3.63, 3.8) is 0 Å². The summed E-state index contributed by atoms with van der Waals surface area (Å²) in [7, 11) is 5.62. The van der Waals surface area contributed by atoms with Crippen molar-refractivity contribution in [1.82, 2.24) is 4.90 Å². The highest BCUT2D eigenvalue weighted by Gasteiger charge is 2.58. The summed E-state index contributed by atoms with van der Waals surface area (Å²) in [6, 6.07) is 9.42. The minimum Gasteiger partial charge on any atom is -0.495 e. The lowest BCUT2D eigenvalue weighted by atomic mass is 9.99. The van der Waals surface area contributed by atoms with Gasteiger partial charge in [-0.1, -0.05) is 46.3 Å². The molecule has 1 heterocycles. The smallest absolute Gasteiger partial charge is 0.347 e. The number of hydrogen-bond acceptors (Lipinski definition) is 5. The first-order valence-corrected chi connectivity index (χ1v) is 7.76. The van der Waals surface area contributed by atoms with E-state index in [2.05, 4.69) is 15.9 Å². The number of amides is 1. The van der Waals surface area contributed by atoms with Gasteiger partial charge in [-0.25, -0.2) is 4.79 Å². The van der Waals surface area contributed by atoms with Crippen LogP contribution in [0.5, 0.6) is 0 Å². The molecule has 0 saturated carbocycles. The minimum absolute atomic E-state index is 0.116. The summed E-state index contributed by atoms with van der Waals surface area (Å²) in [6.45, 7) is 0. The van der Waals surface area contributed by atoms with Crippen LogP contribution in [0.2, 0.25) is 0 Å². The summed E-state index contributed by atoms with van der Waals surface area (Å²) in [6.07, 6.45) is 0. The maximum absolute atomic E-state index is 12.6. The second kappa shape index (κ2) is 6.72. The molecule has 1 amide bonds. The van der Waals surface area contributed by atoms with Crippen molar-refractivity contribution in [3.8, 4) is 0 Å². The second-order valence-electron chi connectivity index (χ2n) is 4.94. The first-order chi connectivity index (χ1) is 10.9. The molecule has 0 saturated heterocycles. The van der Waals surface area contributed by atoms with E-state index in [4.69, 9.17) is 14.2 Å². The number of likely N-dealkylation sites (N-methyl/N-ethyl adjacent to an activating group) is 1. The van der Waals surface area contributed by atoms with Crippen LogP contribution in [0, 0.1) is 0 Å². The maximum Gasteiger partial charge on any atom is 0.347 e. The SMILES string of the molecule is COC(=O)C1=C(OC)[C@](OC)(C(Br)c2ccccc2)N(C)C1=O. The monoisotopic (exact) mass is 383 g/mol. The molecule has 124 valence electrons. The topological polar surface area (TPSA) is 65.1 Å². The molecule has 23 heavy (non-hydrogen) atoms. The molecule has 0 N–H and O–H groups in total. The van der Waals surface area contributed by atoms with Crippen molar-refractivity contribution < 1.29 is 23.8 Å². The standard InChI is InChI=1S/C16H18BrNO5/c1-18-14(19)11(15(20)22-3)13(21-2)16(18,23-4)12(17)10-8-6-5-7-9-10/h5-9,12H,1-4H3/t12?,16-/m1/s1. The van der Waals surface area contributed by atoms with Crippen LogP contribution in [-0.2, 0) is 23.8 Å². The fourth-order valence-corrected chi connectivity index (χ4v) is 3.75. The highest BCUT2D eigenvalue weighted by molar-refractivity contribution is 9.09. The third kappa shape index (κ3) is 2.53. The highest BCUT2D eigenvalue weighted by atomic mass is 79.9. The van der Waals surface area contributed by atoms with Crippen molar-refractivity contribution in [2.24, 2.45) is 0 Å². The van der Waals surface area contributed by atoms with Crippen molar-refractivity contribution >= 4 is 27.8 Å². The summed E-state index contributed by atoms with van der Waals surface area (Å²) in [5, 5.41) is 0. The van der Waals surface area contributed by atoms with Crippen LogP contribution < -0.4 is 0 Å². The Hall–Kier alpha value is -1.86. The molecule has 0 radical (unpaired) electrons. The number of methoxy groups -OCH3 is 3. The molecule has 0 aliphatic carbocycles. The van der Waals surface area contributed by atoms with Crippen LogP contribution in [0.3, 0.4) is 0 Å². The number of ether oxygens (including phenoxy) is 3. The van der Waals surface area contributed by atoms with Crippen LogP contribution in [0.25, 0.3) is 0 Å². The van der Waals surface area contributed by atoms with E-state index >= 15 is 0 Å². The molecular weight excluding hydrogens is 366 g/mol. The van der Waals surface area contributed by atoms with Crippen LogP contribution in [0.1, 0.15) is 10.4 Å². The quantitative estimate of drug-likeness (QED) is 0.442. The molecule has 0 fully saturated rings. The first kappa shape index (κ1) is 17.5. The molecule has 2 rings (SSSR count). The molecule has 1 aromatic carbocycles. The molecule has 6 nitrogen and oxygen atoms in total. The molecule has 0 aromatic heterocycles. The van der Waals surface area contributed by atoms with Crippen LogP contribution in [-0.4, -0.2) is 50.9 Å². The molecule has 1 aromatic rings. The lowest BCUT2D eigenvalue weighted by Crippen LogP contribution is -2.51. The lowest BCUT2D eigenvalue weighted by molar-refractivity contribution is -0.150. The maximum atomic E-state index is 12.6. The minimum atomic E-state index is -1.29. The van der Waals surface area contributed by atoms with Gasteiger partial charge in [0.25, 0.3) is 5.91 Å². The van der Waals surface area contributed by atoms with E-state index in [1.165, 1.54) is 26.2 Å². The van der Waals surface area contributed by atoms with E-state index in [-0.39, 0.29) is 11.3 Å². The zero-order chi connectivity index (χ0) is 17.2. The molecule has 1 aliphatic rings. The van der Waals surface area contributed by atoms with Gasteiger partial charge in [-0.15, -0.1) is 0 Å². The van der Waals surface area contributed by atoms with E-state index in [0.717, 1.165) is 5.56 Å². The zero-order valence-electron chi connectivity index (χ0n) is 13.3.